The minimum absolute atomic E-state index is 0.181. The third-order valence-electron chi connectivity index (χ3n) is 3.15. The summed E-state index contributed by atoms with van der Waals surface area (Å²) in [6.07, 6.45) is 1.08. The second kappa shape index (κ2) is 6.36. The molecule has 2 atom stereocenters. The Hall–Kier alpha value is -0.600. The van der Waals surface area contributed by atoms with Crippen molar-refractivity contribution in [2.45, 2.75) is 46.2 Å². The minimum Gasteiger partial charge on any atom is -0.307 e. The Morgan fingerprint density at radius 1 is 1.29 bits per heavy atom. The smallest absolute Gasteiger partial charge is 0.141 e. The minimum atomic E-state index is -0.362. The van der Waals surface area contributed by atoms with Gasteiger partial charge in [0.2, 0.25) is 0 Å². The van der Waals surface area contributed by atoms with Gasteiger partial charge in [0.25, 0.3) is 0 Å². The molecule has 0 saturated heterocycles. The van der Waals surface area contributed by atoms with Crippen molar-refractivity contribution >= 4 is 11.6 Å². The molecule has 0 bridgehead atoms. The van der Waals surface area contributed by atoms with Crippen molar-refractivity contribution in [3.05, 3.63) is 34.6 Å². The summed E-state index contributed by atoms with van der Waals surface area (Å²) in [4.78, 5) is 0. The molecule has 0 aliphatic carbocycles. The van der Waals surface area contributed by atoms with Crippen LogP contribution < -0.4 is 5.32 Å². The predicted molar refractivity (Wildman–Crippen MR) is 71.9 cm³/mol. The van der Waals surface area contributed by atoms with Crippen molar-refractivity contribution in [1.29, 1.82) is 0 Å². The summed E-state index contributed by atoms with van der Waals surface area (Å²) in [5.41, 5.74) is 1.02. The van der Waals surface area contributed by atoms with E-state index < -0.39 is 0 Å². The lowest BCUT2D eigenvalue weighted by molar-refractivity contribution is 0.355. The predicted octanol–water partition coefficient (Wildman–Crippen LogP) is 4.56. The van der Waals surface area contributed by atoms with Gasteiger partial charge >= 0.3 is 0 Å². The van der Waals surface area contributed by atoms with Gasteiger partial charge in [0.15, 0.2) is 0 Å². The molecule has 0 aromatic heterocycles. The van der Waals surface area contributed by atoms with E-state index >= 15 is 0 Å². The zero-order chi connectivity index (χ0) is 13.0. The van der Waals surface area contributed by atoms with Crippen LogP contribution >= 0.6 is 11.6 Å². The zero-order valence-corrected chi connectivity index (χ0v) is 11.7. The second-order valence-electron chi connectivity index (χ2n) is 4.82. The number of halogens is 2. The first-order valence-electron chi connectivity index (χ1n) is 6.16. The maximum Gasteiger partial charge on any atom is 0.141 e. The molecule has 3 heteroatoms. The van der Waals surface area contributed by atoms with Crippen molar-refractivity contribution < 1.29 is 4.39 Å². The summed E-state index contributed by atoms with van der Waals surface area (Å²) >= 11 is 5.79. The van der Waals surface area contributed by atoms with Crippen molar-refractivity contribution in [2.75, 3.05) is 0 Å². The van der Waals surface area contributed by atoms with Crippen molar-refractivity contribution in [2.24, 2.45) is 5.92 Å². The van der Waals surface area contributed by atoms with E-state index in [9.17, 15) is 4.39 Å². The van der Waals surface area contributed by atoms with Crippen LogP contribution in [0.5, 0.6) is 0 Å². The Labute approximate surface area is 108 Å². The summed E-state index contributed by atoms with van der Waals surface area (Å²) in [6, 6.07) is 5.55. The standard InChI is InChI=1S/C14H21ClFN/c1-5-14(9(2)3)17-10(4)11-6-7-13(16)12(15)8-11/h6-10,14,17H,5H2,1-4H3. The lowest BCUT2D eigenvalue weighted by Gasteiger charge is -2.25. The lowest BCUT2D eigenvalue weighted by Crippen LogP contribution is -2.35. The van der Waals surface area contributed by atoms with Gasteiger partial charge in [0.1, 0.15) is 5.82 Å². The SMILES string of the molecule is CCC(NC(C)c1ccc(F)c(Cl)c1)C(C)C. The van der Waals surface area contributed by atoms with E-state index in [1.54, 1.807) is 12.1 Å². The monoisotopic (exact) mass is 257 g/mol. The number of hydrogen-bond donors (Lipinski definition) is 1. The molecular formula is C14H21ClFN. The highest BCUT2D eigenvalue weighted by atomic mass is 35.5. The van der Waals surface area contributed by atoms with Crippen molar-refractivity contribution in [1.82, 2.24) is 5.32 Å². The summed E-state index contributed by atoms with van der Waals surface area (Å²) in [6.45, 7) is 8.65. The maximum absolute atomic E-state index is 13.1. The average molecular weight is 258 g/mol. The third kappa shape index (κ3) is 3.97. The molecule has 0 aliphatic heterocycles. The van der Waals surface area contributed by atoms with Gasteiger partial charge in [-0.3, -0.25) is 0 Å². The van der Waals surface area contributed by atoms with E-state index in [1.165, 1.54) is 6.07 Å². The Kier molecular flexibility index (Phi) is 5.41. The van der Waals surface area contributed by atoms with E-state index in [1.807, 2.05) is 0 Å². The fraction of sp³-hybridized carbons (Fsp3) is 0.571. The molecule has 0 radical (unpaired) electrons. The van der Waals surface area contributed by atoms with E-state index in [0.29, 0.717) is 12.0 Å². The summed E-state index contributed by atoms with van der Waals surface area (Å²) in [7, 11) is 0. The number of nitrogens with one attached hydrogen (secondary N) is 1. The normalized spacial score (nSPS) is 15.0. The van der Waals surface area contributed by atoms with Crippen LogP contribution in [0.25, 0.3) is 0 Å². The van der Waals surface area contributed by atoms with Gasteiger partial charge in [-0.25, -0.2) is 4.39 Å². The highest BCUT2D eigenvalue weighted by Crippen LogP contribution is 2.22. The fourth-order valence-corrected chi connectivity index (χ4v) is 2.17. The molecule has 1 aromatic carbocycles. The van der Waals surface area contributed by atoms with Crippen LogP contribution in [0.1, 0.15) is 45.7 Å². The molecule has 0 aliphatic rings. The molecule has 2 unspecified atom stereocenters. The van der Waals surface area contributed by atoms with Gasteiger partial charge in [-0.05, 0) is 37.0 Å². The largest absolute Gasteiger partial charge is 0.307 e. The van der Waals surface area contributed by atoms with Crippen LogP contribution in [-0.2, 0) is 0 Å². The van der Waals surface area contributed by atoms with Crippen LogP contribution in [-0.4, -0.2) is 6.04 Å². The van der Waals surface area contributed by atoms with Crippen LogP contribution in [0.15, 0.2) is 18.2 Å². The van der Waals surface area contributed by atoms with E-state index in [2.05, 4.69) is 33.0 Å². The first-order valence-corrected chi connectivity index (χ1v) is 6.54. The van der Waals surface area contributed by atoms with Crippen LogP contribution in [0.3, 0.4) is 0 Å². The van der Waals surface area contributed by atoms with Gasteiger partial charge in [-0.1, -0.05) is 38.4 Å². The van der Waals surface area contributed by atoms with Gasteiger partial charge in [-0.15, -0.1) is 0 Å². The first-order chi connectivity index (χ1) is 7.95. The number of benzene rings is 1. The van der Waals surface area contributed by atoms with E-state index in [0.717, 1.165) is 12.0 Å². The molecule has 0 amide bonds. The molecule has 1 rings (SSSR count). The molecule has 1 aromatic rings. The molecule has 0 heterocycles. The Bertz CT molecular complexity index is 365. The van der Waals surface area contributed by atoms with Crippen molar-refractivity contribution in [3.8, 4) is 0 Å². The molecule has 96 valence electrons. The van der Waals surface area contributed by atoms with Gasteiger partial charge in [0.05, 0.1) is 5.02 Å². The molecule has 0 spiro atoms. The molecule has 0 saturated carbocycles. The Morgan fingerprint density at radius 3 is 2.41 bits per heavy atom. The quantitative estimate of drug-likeness (QED) is 0.815. The average Bonchev–Trinajstić information content (AvgIpc) is 2.28. The van der Waals surface area contributed by atoms with Crippen LogP contribution in [0, 0.1) is 11.7 Å². The molecule has 17 heavy (non-hydrogen) atoms. The first kappa shape index (κ1) is 14.5. The topological polar surface area (TPSA) is 12.0 Å². The lowest BCUT2D eigenvalue weighted by atomic mass is 9.99. The van der Waals surface area contributed by atoms with Crippen LogP contribution in [0.2, 0.25) is 5.02 Å². The Balaban J connectivity index is 2.75. The van der Waals surface area contributed by atoms with Gasteiger partial charge in [-0.2, -0.15) is 0 Å². The maximum atomic E-state index is 13.1. The van der Waals surface area contributed by atoms with Crippen molar-refractivity contribution in [3.63, 3.8) is 0 Å². The third-order valence-corrected chi connectivity index (χ3v) is 3.44. The number of rotatable bonds is 5. The zero-order valence-electron chi connectivity index (χ0n) is 10.9. The molecule has 1 N–H and O–H groups in total. The summed E-state index contributed by atoms with van der Waals surface area (Å²) in [5, 5.41) is 3.74. The van der Waals surface area contributed by atoms with E-state index in [4.69, 9.17) is 11.6 Å². The molecule has 1 nitrogen and oxygen atoms in total. The molecule has 0 fully saturated rings. The molecular weight excluding hydrogens is 237 g/mol. The highest BCUT2D eigenvalue weighted by Gasteiger charge is 2.15. The fourth-order valence-electron chi connectivity index (χ4n) is 1.98. The van der Waals surface area contributed by atoms with Crippen LogP contribution in [0.4, 0.5) is 4.39 Å². The highest BCUT2D eigenvalue weighted by molar-refractivity contribution is 6.30. The van der Waals surface area contributed by atoms with E-state index in [-0.39, 0.29) is 16.9 Å². The Morgan fingerprint density at radius 2 is 1.94 bits per heavy atom. The number of hydrogen-bond acceptors (Lipinski definition) is 1. The second-order valence-corrected chi connectivity index (χ2v) is 5.23. The summed E-state index contributed by atoms with van der Waals surface area (Å²) < 4.78 is 13.1. The van der Waals surface area contributed by atoms with Gasteiger partial charge in [0, 0.05) is 12.1 Å². The summed E-state index contributed by atoms with van der Waals surface area (Å²) in [5.74, 6) is 0.219. The van der Waals surface area contributed by atoms with Gasteiger partial charge < -0.3 is 5.32 Å².